The smallest absolute Gasteiger partial charge is 0.290 e. The zero-order valence-corrected chi connectivity index (χ0v) is 19.9. The van der Waals surface area contributed by atoms with Gasteiger partial charge in [0.15, 0.2) is 0 Å². The molecule has 2 saturated heterocycles. The first-order chi connectivity index (χ1) is 16.8. The summed E-state index contributed by atoms with van der Waals surface area (Å²) in [6.07, 6.45) is 2.98. The molecule has 35 heavy (non-hydrogen) atoms. The van der Waals surface area contributed by atoms with E-state index in [2.05, 4.69) is 21.3 Å². The van der Waals surface area contributed by atoms with Crippen LogP contribution < -0.4 is 10.1 Å². The number of carbonyl (C=O) groups excluding carboxylic acids is 1. The van der Waals surface area contributed by atoms with Crippen molar-refractivity contribution in [1.29, 1.82) is 0 Å². The number of fused-ring (bicyclic) bond motifs is 1. The van der Waals surface area contributed by atoms with Crippen LogP contribution in [-0.2, 0) is 27.4 Å². The molecule has 10 heteroatoms. The lowest BCUT2D eigenvalue weighted by molar-refractivity contribution is -0.124. The molecule has 0 aliphatic carbocycles. The highest BCUT2D eigenvalue weighted by atomic mass is 19.1. The van der Waals surface area contributed by atoms with Crippen molar-refractivity contribution in [1.82, 2.24) is 15.2 Å². The molecule has 0 bridgehead atoms. The second-order valence-electron chi connectivity index (χ2n) is 8.85. The molecule has 1 aromatic carbocycles. The summed E-state index contributed by atoms with van der Waals surface area (Å²) >= 11 is 0. The van der Waals surface area contributed by atoms with E-state index in [0.29, 0.717) is 29.9 Å². The highest BCUT2D eigenvalue weighted by Crippen LogP contribution is 2.36. The summed E-state index contributed by atoms with van der Waals surface area (Å²) in [5.41, 5.74) is 2.58. The van der Waals surface area contributed by atoms with Gasteiger partial charge in [-0.15, -0.1) is 0 Å². The Hall–Kier alpha value is -3.11. The van der Waals surface area contributed by atoms with Crippen molar-refractivity contribution < 1.29 is 33.0 Å². The lowest BCUT2D eigenvalue weighted by atomic mass is 9.83. The number of nitrogens with zero attached hydrogens (tertiary/aromatic N) is 2. The van der Waals surface area contributed by atoms with Crippen molar-refractivity contribution in [2.75, 3.05) is 26.8 Å². The van der Waals surface area contributed by atoms with E-state index in [1.54, 1.807) is 7.11 Å². The fraction of sp³-hybridized carbons (Fsp3) is 0.480. The number of piperidine rings is 1. The first-order valence-electron chi connectivity index (χ1n) is 11.5. The molecule has 0 radical (unpaired) electrons. The van der Waals surface area contributed by atoms with E-state index < -0.39 is 11.6 Å². The number of amides is 1. The topological polar surface area (TPSA) is 101 Å². The van der Waals surface area contributed by atoms with Gasteiger partial charge >= 0.3 is 0 Å². The molecule has 1 amide bonds. The molecule has 8 nitrogen and oxygen atoms in total. The number of benzene rings is 1. The molecule has 4 rings (SSSR count). The molecular weight excluding hydrogens is 460 g/mol. The van der Waals surface area contributed by atoms with Crippen molar-refractivity contribution in [3.8, 4) is 5.88 Å². The third-order valence-corrected chi connectivity index (χ3v) is 6.36. The average molecular weight is 492 g/mol. The predicted molar refractivity (Wildman–Crippen MR) is 124 cm³/mol. The number of rotatable bonds is 7. The van der Waals surface area contributed by atoms with Crippen molar-refractivity contribution >= 4 is 12.4 Å². The van der Waals surface area contributed by atoms with Gasteiger partial charge < -0.3 is 19.9 Å². The van der Waals surface area contributed by atoms with E-state index in [-0.39, 0.29) is 31.4 Å². The van der Waals surface area contributed by atoms with Crippen LogP contribution >= 0.6 is 0 Å². The predicted octanol–water partition coefficient (Wildman–Crippen LogP) is 2.92. The van der Waals surface area contributed by atoms with Gasteiger partial charge in [0.2, 0.25) is 11.8 Å². The molecule has 3 heterocycles. The maximum absolute atomic E-state index is 13.3. The number of pyridine rings is 1. The summed E-state index contributed by atoms with van der Waals surface area (Å²) in [4.78, 5) is 27.5. The van der Waals surface area contributed by atoms with Crippen LogP contribution in [0.3, 0.4) is 0 Å². The van der Waals surface area contributed by atoms with Gasteiger partial charge in [-0.05, 0) is 55.1 Å². The van der Waals surface area contributed by atoms with Gasteiger partial charge in [0.1, 0.15) is 11.6 Å². The molecule has 2 aliphatic rings. The number of carboxylic acid groups (broad SMARTS) is 1. The van der Waals surface area contributed by atoms with Crippen LogP contribution in [0, 0.1) is 30.4 Å². The number of hydrogen-bond donors (Lipinski definition) is 2. The zero-order chi connectivity index (χ0) is 25.4. The summed E-state index contributed by atoms with van der Waals surface area (Å²) < 4.78 is 37.8. The molecular formula is C25H31F2N3O5. The van der Waals surface area contributed by atoms with E-state index in [1.807, 2.05) is 13.1 Å². The van der Waals surface area contributed by atoms with E-state index in [4.69, 9.17) is 19.4 Å². The number of aryl methyl sites for hydroxylation is 1. The SMILES string of the molecule is COc1ncc(CN2CC[C@@H]3[C@@H](CO[C@H]3CC(=O)NCc3cc(F)cc(F)c3)C2)cc1C.O=CO. The quantitative estimate of drug-likeness (QED) is 0.575. The Bertz CT molecular complexity index is 1000. The molecule has 3 atom stereocenters. The molecule has 2 aliphatic heterocycles. The van der Waals surface area contributed by atoms with E-state index in [0.717, 1.165) is 43.2 Å². The number of halogens is 2. The number of likely N-dealkylation sites (tertiary alicyclic amines) is 1. The fourth-order valence-corrected chi connectivity index (χ4v) is 4.86. The van der Waals surface area contributed by atoms with Gasteiger partial charge in [0, 0.05) is 43.4 Å². The molecule has 2 aromatic rings. The van der Waals surface area contributed by atoms with Crippen molar-refractivity contribution in [2.24, 2.45) is 11.8 Å². The Kier molecular flexibility index (Phi) is 9.50. The van der Waals surface area contributed by atoms with Gasteiger partial charge in [0.05, 0.1) is 26.2 Å². The van der Waals surface area contributed by atoms with E-state index in [1.165, 1.54) is 12.1 Å². The Labute approximate surface area is 203 Å². The minimum atomic E-state index is -0.649. The molecule has 0 saturated carbocycles. The first-order valence-corrected chi connectivity index (χ1v) is 11.5. The lowest BCUT2D eigenvalue weighted by Crippen LogP contribution is -2.41. The number of hydrogen-bond acceptors (Lipinski definition) is 6. The van der Waals surface area contributed by atoms with Gasteiger partial charge in [-0.25, -0.2) is 13.8 Å². The highest BCUT2D eigenvalue weighted by molar-refractivity contribution is 5.76. The van der Waals surface area contributed by atoms with Crippen molar-refractivity contribution in [2.45, 2.75) is 39.0 Å². The summed E-state index contributed by atoms with van der Waals surface area (Å²) in [6.45, 7) is 5.18. The van der Waals surface area contributed by atoms with Gasteiger partial charge in [-0.1, -0.05) is 0 Å². The second kappa shape index (κ2) is 12.6. The van der Waals surface area contributed by atoms with Crippen LogP contribution in [0.25, 0.3) is 0 Å². The molecule has 0 spiro atoms. The number of nitrogens with one attached hydrogen (secondary N) is 1. The first kappa shape index (κ1) is 26.5. The maximum atomic E-state index is 13.3. The largest absolute Gasteiger partial charge is 0.483 e. The third kappa shape index (κ3) is 7.43. The number of ether oxygens (including phenoxy) is 2. The van der Waals surface area contributed by atoms with E-state index >= 15 is 0 Å². The Balaban J connectivity index is 0.00000108. The second-order valence-corrected chi connectivity index (χ2v) is 8.85. The van der Waals surface area contributed by atoms with Gasteiger partial charge in [0.25, 0.3) is 6.47 Å². The standard InChI is InChI=1S/C24H29F2N3O3.CH2O2/c1-15-5-17(11-28-24(15)31-2)12-29-4-3-21-18(13-29)14-32-22(21)9-23(30)27-10-16-6-19(25)8-20(26)7-16;2-1-3/h5-8,11,18,21-22H,3-4,9-10,12-14H2,1-2H3,(H,27,30);1H,(H,2,3)/t18-,21-,22+;/m1./s1. The van der Waals surface area contributed by atoms with Gasteiger partial charge in [-0.3, -0.25) is 14.5 Å². The van der Waals surface area contributed by atoms with Crippen LogP contribution in [0.1, 0.15) is 29.5 Å². The molecule has 0 unspecified atom stereocenters. The van der Waals surface area contributed by atoms with Crippen LogP contribution in [-0.4, -0.2) is 60.3 Å². The monoisotopic (exact) mass is 491 g/mol. The normalized spacial score (nSPS) is 21.4. The molecule has 190 valence electrons. The van der Waals surface area contributed by atoms with Crippen molar-refractivity contribution in [3.63, 3.8) is 0 Å². The lowest BCUT2D eigenvalue weighted by Gasteiger charge is -2.35. The molecule has 2 N–H and O–H groups in total. The van der Waals surface area contributed by atoms with Gasteiger partial charge in [-0.2, -0.15) is 0 Å². The number of methoxy groups -OCH3 is 1. The minimum absolute atomic E-state index is 0.0947. The Morgan fingerprint density at radius 2 is 2.00 bits per heavy atom. The summed E-state index contributed by atoms with van der Waals surface area (Å²) in [6, 6.07) is 5.37. The van der Waals surface area contributed by atoms with Crippen LogP contribution in [0.5, 0.6) is 5.88 Å². The van der Waals surface area contributed by atoms with E-state index in [9.17, 15) is 13.6 Å². The Morgan fingerprint density at radius 3 is 2.66 bits per heavy atom. The molecule has 1 aromatic heterocycles. The highest BCUT2D eigenvalue weighted by Gasteiger charge is 2.41. The number of aromatic nitrogens is 1. The zero-order valence-electron chi connectivity index (χ0n) is 19.9. The summed E-state index contributed by atoms with van der Waals surface area (Å²) in [7, 11) is 1.62. The fourth-order valence-electron chi connectivity index (χ4n) is 4.86. The number of carbonyl (C=O) groups is 2. The minimum Gasteiger partial charge on any atom is -0.483 e. The van der Waals surface area contributed by atoms with Crippen LogP contribution in [0.4, 0.5) is 8.78 Å². The maximum Gasteiger partial charge on any atom is 0.290 e. The van der Waals surface area contributed by atoms with Crippen LogP contribution in [0.2, 0.25) is 0 Å². The van der Waals surface area contributed by atoms with Crippen molar-refractivity contribution in [3.05, 3.63) is 58.8 Å². The Morgan fingerprint density at radius 1 is 1.29 bits per heavy atom. The summed E-state index contributed by atoms with van der Waals surface area (Å²) in [5.74, 6) is -0.0690. The van der Waals surface area contributed by atoms with Crippen LogP contribution in [0.15, 0.2) is 30.5 Å². The average Bonchev–Trinajstić information content (AvgIpc) is 3.19. The molecule has 2 fully saturated rings. The summed E-state index contributed by atoms with van der Waals surface area (Å²) in [5, 5.41) is 9.64. The third-order valence-electron chi connectivity index (χ3n) is 6.36.